The van der Waals surface area contributed by atoms with Crippen LogP contribution in [0.1, 0.15) is 42.3 Å². The number of alkyl halides is 2. The zero-order valence-electron chi connectivity index (χ0n) is 16.3. The molecule has 1 N–H and O–H groups in total. The van der Waals surface area contributed by atoms with Gasteiger partial charge in [0.2, 0.25) is 0 Å². The lowest BCUT2D eigenvalue weighted by atomic mass is 9.94. The van der Waals surface area contributed by atoms with Gasteiger partial charge in [0.25, 0.3) is 6.43 Å². The van der Waals surface area contributed by atoms with Crippen LogP contribution in [-0.2, 0) is 0 Å². The number of nitrogens with one attached hydrogen (secondary N) is 1. The lowest BCUT2D eigenvalue weighted by Gasteiger charge is -2.32. The van der Waals surface area contributed by atoms with Gasteiger partial charge in [-0.1, -0.05) is 0 Å². The summed E-state index contributed by atoms with van der Waals surface area (Å²) in [6.07, 6.45) is 5.34. The molecule has 1 fully saturated rings. The molecule has 4 aromatic heterocycles. The van der Waals surface area contributed by atoms with E-state index in [-0.39, 0.29) is 5.69 Å². The maximum Gasteiger partial charge on any atom is 0.281 e. The van der Waals surface area contributed by atoms with Gasteiger partial charge in [0, 0.05) is 37.1 Å². The highest BCUT2D eigenvalue weighted by molar-refractivity contribution is 5.58. The normalized spacial score (nSPS) is 17.2. The first-order valence-corrected chi connectivity index (χ1v) is 9.80. The number of aromatic nitrogens is 7. The zero-order valence-corrected chi connectivity index (χ0v) is 16.3. The summed E-state index contributed by atoms with van der Waals surface area (Å²) >= 11 is 0. The second kappa shape index (κ2) is 7.43. The number of nitrogens with zero attached hydrogens (tertiary/aromatic N) is 7. The quantitative estimate of drug-likeness (QED) is 0.554. The maximum absolute atomic E-state index is 13.1. The Bertz CT molecular complexity index is 1180. The monoisotopic (exact) mass is 410 g/mol. The van der Waals surface area contributed by atoms with E-state index in [2.05, 4.69) is 36.1 Å². The minimum absolute atomic E-state index is 0.314. The summed E-state index contributed by atoms with van der Waals surface area (Å²) in [7, 11) is 0. The SMILES string of the molecule is Cc1cc(C2CCCN(c3ccnc(-c4cnc5cnc(C(F)F)cn45)n3)C2)n[nH]1. The molecule has 0 radical (unpaired) electrons. The van der Waals surface area contributed by atoms with Crippen LogP contribution in [0.2, 0.25) is 0 Å². The summed E-state index contributed by atoms with van der Waals surface area (Å²) in [4.78, 5) is 19.3. The van der Waals surface area contributed by atoms with Gasteiger partial charge >= 0.3 is 0 Å². The molecule has 10 heteroatoms. The van der Waals surface area contributed by atoms with Gasteiger partial charge < -0.3 is 4.90 Å². The second-order valence-electron chi connectivity index (χ2n) is 7.48. The smallest absolute Gasteiger partial charge is 0.281 e. The zero-order chi connectivity index (χ0) is 20.7. The van der Waals surface area contributed by atoms with Crippen LogP contribution in [0.3, 0.4) is 0 Å². The molecule has 30 heavy (non-hydrogen) atoms. The Morgan fingerprint density at radius 3 is 2.90 bits per heavy atom. The van der Waals surface area contributed by atoms with E-state index in [0.717, 1.165) is 43.1 Å². The largest absolute Gasteiger partial charge is 0.356 e. The standard InChI is InChI=1S/C20H20F2N8/c1-12-7-14(28-27-12)13-3-2-6-29(10-13)17-4-5-23-20(26-17)16-8-25-18-9-24-15(19(21)22)11-30(16)18/h4-5,7-9,11,13,19H,2-3,6,10H2,1H3,(H,27,28). The molecule has 0 aromatic carbocycles. The Morgan fingerprint density at radius 2 is 2.10 bits per heavy atom. The fraction of sp³-hybridized carbons (Fsp3) is 0.350. The molecule has 4 aromatic rings. The van der Waals surface area contributed by atoms with Crippen molar-refractivity contribution in [2.24, 2.45) is 0 Å². The molecule has 1 aliphatic rings. The number of piperidine rings is 1. The van der Waals surface area contributed by atoms with E-state index >= 15 is 0 Å². The average Bonchev–Trinajstić information content (AvgIpc) is 3.39. The van der Waals surface area contributed by atoms with Crippen molar-refractivity contribution >= 4 is 11.5 Å². The molecule has 0 spiro atoms. The Balaban J connectivity index is 1.46. The molecule has 1 atom stereocenters. The minimum atomic E-state index is -2.66. The van der Waals surface area contributed by atoms with Gasteiger partial charge in [0.15, 0.2) is 11.5 Å². The average molecular weight is 410 g/mol. The molecule has 1 aliphatic heterocycles. The Labute approximate surface area is 171 Å². The third kappa shape index (κ3) is 3.38. The first-order valence-electron chi connectivity index (χ1n) is 9.80. The van der Waals surface area contributed by atoms with Gasteiger partial charge in [-0.15, -0.1) is 0 Å². The molecule has 154 valence electrons. The number of fused-ring (bicyclic) bond motifs is 1. The molecule has 0 aliphatic carbocycles. The molecule has 5 rings (SSSR count). The molecule has 8 nitrogen and oxygen atoms in total. The van der Waals surface area contributed by atoms with E-state index in [4.69, 9.17) is 4.98 Å². The van der Waals surface area contributed by atoms with Crippen LogP contribution < -0.4 is 4.90 Å². The van der Waals surface area contributed by atoms with Gasteiger partial charge in [0.1, 0.15) is 17.2 Å². The van der Waals surface area contributed by atoms with Crippen molar-refractivity contribution in [1.29, 1.82) is 0 Å². The second-order valence-corrected chi connectivity index (χ2v) is 7.48. The van der Waals surface area contributed by atoms with Crippen LogP contribution in [0, 0.1) is 6.92 Å². The fourth-order valence-electron chi connectivity index (χ4n) is 3.91. The van der Waals surface area contributed by atoms with Crippen LogP contribution in [0.25, 0.3) is 17.2 Å². The van der Waals surface area contributed by atoms with Crippen molar-refractivity contribution in [3.63, 3.8) is 0 Å². The van der Waals surface area contributed by atoms with Crippen molar-refractivity contribution in [3.05, 3.63) is 54.0 Å². The molecular weight excluding hydrogens is 390 g/mol. The van der Waals surface area contributed by atoms with Crippen LogP contribution in [0.5, 0.6) is 0 Å². The van der Waals surface area contributed by atoms with Gasteiger partial charge in [-0.2, -0.15) is 5.10 Å². The molecule has 0 bridgehead atoms. The van der Waals surface area contributed by atoms with E-state index in [1.807, 2.05) is 13.0 Å². The minimum Gasteiger partial charge on any atom is -0.356 e. The van der Waals surface area contributed by atoms with Crippen LogP contribution in [-0.4, -0.2) is 47.6 Å². The van der Waals surface area contributed by atoms with Crippen LogP contribution in [0.4, 0.5) is 14.6 Å². The van der Waals surface area contributed by atoms with E-state index < -0.39 is 6.43 Å². The molecule has 0 saturated carbocycles. The molecule has 5 heterocycles. The van der Waals surface area contributed by atoms with Crippen LogP contribution >= 0.6 is 0 Å². The van der Waals surface area contributed by atoms with Crippen molar-refractivity contribution in [2.75, 3.05) is 18.0 Å². The van der Waals surface area contributed by atoms with Gasteiger partial charge in [0.05, 0.1) is 18.1 Å². The molecule has 1 unspecified atom stereocenters. The van der Waals surface area contributed by atoms with Crippen molar-refractivity contribution in [3.8, 4) is 11.5 Å². The summed E-state index contributed by atoms with van der Waals surface area (Å²) in [5.41, 5.74) is 2.83. The number of hydrogen-bond acceptors (Lipinski definition) is 6. The van der Waals surface area contributed by atoms with E-state index in [1.165, 1.54) is 12.4 Å². The first kappa shape index (κ1) is 18.6. The number of aryl methyl sites for hydroxylation is 1. The number of aromatic amines is 1. The number of hydrogen-bond donors (Lipinski definition) is 1. The van der Waals surface area contributed by atoms with E-state index in [0.29, 0.717) is 23.1 Å². The Hall–Kier alpha value is -3.43. The summed E-state index contributed by atoms with van der Waals surface area (Å²) in [6, 6.07) is 3.96. The maximum atomic E-state index is 13.1. The Morgan fingerprint density at radius 1 is 1.20 bits per heavy atom. The molecular formula is C20H20F2N8. The number of anilines is 1. The summed E-state index contributed by atoms with van der Waals surface area (Å²) in [5.74, 6) is 1.57. The summed E-state index contributed by atoms with van der Waals surface area (Å²) in [5, 5.41) is 7.43. The van der Waals surface area contributed by atoms with E-state index in [1.54, 1.807) is 16.8 Å². The first-order chi connectivity index (χ1) is 14.6. The van der Waals surface area contributed by atoms with E-state index in [9.17, 15) is 8.78 Å². The van der Waals surface area contributed by atoms with Crippen LogP contribution in [0.15, 0.2) is 36.9 Å². The third-order valence-electron chi connectivity index (χ3n) is 5.40. The number of halogens is 2. The number of imidazole rings is 1. The number of H-pyrrole nitrogens is 1. The van der Waals surface area contributed by atoms with Crippen molar-refractivity contribution in [2.45, 2.75) is 32.1 Å². The molecule has 0 amide bonds. The van der Waals surface area contributed by atoms with Crippen molar-refractivity contribution in [1.82, 2.24) is 34.5 Å². The topological polar surface area (TPSA) is 87.9 Å². The van der Waals surface area contributed by atoms with Gasteiger partial charge in [-0.05, 0) is 31.9 Å². The predicted molar refractivity (Wildman–Crippen MR) is 106 cm³/mol. The lowest BCUT2D eigenvalue weighted by Crippen LogP contribution is -2.35. The van der Waals surface area contributed by atoms with Crippen molar-refractivity contribution < 1.29 is 8.78 Å². The van der Waals surface area contributed by atoms with Gasteiger partial charge in [-0.3, -0.25) is 9.50 Å². The summed E-state index contributed by atoms with van der Waals surface area (Å²) in [6.45, 7) is 3.70. The molecule has 1 saturated heterocycles. The Kier molecular flexibility index (Phi) is 4.61. The highest BCUT2D eigenvalue weighted by Crippen LogP contribution is 2.29. The van der Waals surface area contributed by atoms with Gasteiger partial charge in [-0.25, -0.2) is 28.7 Å². The lowest BCUT2D eigenvalue weighted by molar-refractivity contribution is 0.145. The predicted octanol–water partition coefficient (Wildman–Crippen LogP) is 3.54. The third-order valence-corrected chi connectivity index (χ3v) is 5.40. The highest BCUT2D eigenvalue weighted by atomic mass is 19.3. The highest BCUT2D eigenvalue weighted by Gasteiger charge is 2.24. The number of rotatable bonds is 4. The summed E-state index contributed by atoms with van der Waals surface area (Å²) < 4.78 is 27.7. The fourth-order valence-corrected chi connectivity index (χ4v) is 3.91.